The van der Waals surface area contributed by atoms with Crippen LogP contribution in [0.25, 0.3) is 0 Å². The van der Waals surface area contributed by atoms with Crippen molar-refractivity contribution in [1.82, 2.24) is 5.16 Å². The van der Waals surface area contributed by atoms with Crippen LogP contribution in [0.5, 0.6) is 0 Å². The van der Waals surface area contributed by atoms with Gasteiger partial charge in [0, 0.05) is 5.56 Å². The Labute approximate surface area is 80.3 Å². The first-order valence-electron chi connectivity index (χ1n) is 4.09. The van der Waals surface area contributed by atoms with Crippen molar-refractivity contribution in [3.8, 4) is 0 Å². The molecule has 0 saturated heterocycles. The predicted molar refractivity (Wildman–Crippen MR) is 50.8 cm³/mol. The summed E-state index contributed by atoms with van der Waals surface area (Å²) in [5.74, 6) is -0.122. The number of nitrogens with zero attached hydrogens (tertiary/aromatic N) is 1. The van der Waals surface area contributed by atoms with Crippen molar-refractivity contribution in [3.05, 3.63) is 47.7 Å². The summed E-state index contributed by atoms with van der Waals surface area (Å²) in [6.07, 6.45) is 1.32. The number of hydrogen-bond donors (Lipinski definition) is 1. The summed E-state index contributed by atoms with van der Waals surface area (Å²) < 4.78 is 4.61. The third kappa shape index (κ3) is 1.37. The first-order valence-corrected chi connectivity index (χ1v) is 4.09. The summed E-state index contributed by atoms with van der Waals surface area (Å²) >= 11 is 0. The smallest absolute Gasteiger partial charge is 0.233 e. The van der Waals surface area contributed by atoms with E-state index in [1.54, 1.807) is 24.3 Å². The number of nitrogen functional groups attached to an aromatic ring is 1. The lowest BCUT2D eigenvalue weighted by Crippen LogP contribution is -2.02. The molecule has 4 heteroatoms. The molecule has 2 rings (SSSR count). The molecule has 0 spiro atoms. The van der Waals surface area contributed by atoms with Crippen LogP contribution in [0.15, 0.2) is 41.1 Å². The van der Waals surface area contributed by atoms with Crippen molar-refractivity contribution in [2.45, 2.75) is 0 Å². The molecule has 0 amide bonds. The molecule has 4 nitrogen and oxygen atoms in total. The Morgan fingerprint density at radius 1 is 1.29 bits per heavy atom. The van der Waals surface area contributed by atoms with E-state index in [2.05, 4.69) is 9.68 Å². The van der Waals surface area contributed by atoms with Crippen molar-refractivity contribution < 1.29 is 9.32 Å². The van der Waals surface area contributed by atoms with Gasteiger partial charge in [0.25, 0.3) is 0 Å². The molecule has 1 heterocycles. The molecule has 2 aromatic rings. The maximum atomic E-state index is 11.7. The molecule has 0 aliphatic heterocycles. The van der Waals surface area contributed by atoms with Crippen LogP contribution in [0, 0.1) is 0 Å². The van der Waals surface area contributed by atoms with Crippen molar-refractivity contribution in [2.75, 3.05) is 5.73 Å². The highest BCUT2D eigenvalue weighted by Gasteiger charge is 2.14. The van der Waals surface area contributed by atoms with E-state index >= 15 is 0 Å². The second kappa shape index (κ2) is 3.33. The van der Waals surface area contributed by atoms with E-state index in [1.165, 1.54) is 6.20 Å². The monoisotopic (exact) mass is 188 g/mol. The fourth-order valence-electron chi connectivity index (χ4n) is 1.16. The number of aromatic nitrogens is 1. The molecule has 0 unspecified atom stereocenters. The van der Waals surface area contributed by atoms with Crippen molar-refractivity contribution in [2.24, 2.45) is 0 Å². The molecule has 0 saturated carbocycles. The van der Waals surface area contributed by atoms with Gasteiger partial charge in [-0.05, 0) is 0 Å². The van der Waals surface area contributed by atoms with E-state index in [0.717, 1.165) is 0 Å². The molecule has 0 aliphatic carbocycles. The minimum absolute atomic E-state index is 0.0545. The molecule has 14 heavy (non-hydrogen) atoms. The highest BCUT2D eigenvalue weighted by Crippen LogP contribution is 2.15. The topological polar surface area (TPSA) is 69.1 Å². The summed E-state index contributed by atoms with van der Waals surface area (Å²) in [4.78, 5) is 11.7. The first-order chi connectivity index (χ1) is 6.79. The highest BCUT2D eigenvalue weighted by atomic mass is 16.5. The number of benzene rings is 1. The molecule has 0 bridgehead atoms. The predicted octanol–water partition coefficient (Wildman–Crippen LogP) is 1.49. The Hall–Kier alpha value is -2.10. The molecule has 70 valence electrons. The number of rotatable bonds is 2. The first kappa shape index (κ1) is 8.50. The largest absolute Gasteiger partial charge is 0.367 e. The number of ketones is 1. The maximum absolute atomic E-state index is 11.7. The molecule has 0 fully saturated rings. The van der Waals surface area contributed by atoms with Crippen LogP contribution in [-0.4, -0.2) is 10.9 Å². The Kier molecular flexibility index (Phi) is 2.02. The standard InChI is InChI=1S/C10H8N2O2/c11-10-8(6-12-14-10)9(13)7-4-2-1-3-5-7/h1-6H,11H2. The molecule has 1 aromatic carbocycles. The lowest BCUT2D eigenvalue weighted by molar-refractivity contribution is 0.103. The van der Waals surface area contributed by atoms with Gasteiger partial charge in [0.15, 0.2) is 5.78 Å². The van der Waals surface area contributed by atoms with Crippen LogP contribution >= 0.6 is 0 Å². The average Bonchev–Trinajstić information content (AvgIpc) is 2.65. The van der Waals surface area contributed by atoms with E-state index in [0.29, 0.717) is 11.1 Å². The zero-order valence-electron chi connectivity index (χ0n) is 7.31. The third-order valence-corrected chi connectivity index (χ3v) is 1.88. The Morgan fingerprint density at radius 3 is 2.57 bits per heavy atom. The van der Waals surface area contributed by atoms with Crippen LogP contribution < -0.4 is 5.73 Å². The fraction of sp³-hybridized carbons (Fsp3) is 0. The highest BCUT2D eigenvalue weighted by molar-refractivity contribution is 6.11. The lowest BCUT2D eigenvalue weighted by atomic mass is 10.1. The summed E-state index contributed by atoms with van der Waals surface area (Å²) in [5, 5.41) is 3.45. The number of carbonyl (C=O) groups excluding carboxylic acids is 1. The van der Waals surface area contributed by atoms with Crippen LogP contribution in [0.3, 0.4) is 0 Å². The molecule has 0 aliphatic rings. The van der Waals surface area contributed by atoms with Crippen LogP contribution in [0.4, 0.5) is 5.88 Å². The fourth-order valence-corrected chi connectivity index (χ4v) is 1.16. The quantitative estimate of drug-likeness (QED) is 0.725. The molecular weight excluding hydrogens is 180 g/mol. The van der Waals surface area contributed by atoms with Gasteiger partial charge in [0.1, 0.15) is 5.56 Å². The van der Waals surface area contributed by atoms with Gasteiger partial charge in [-0.25, -0.2) is 0 Å². The normalized spacial score (nSPS) is 10.0. The van der Waals surface area contributed by atoms with E-state index in [9.17, 15) is 4.79 Å². The second-order valence-electron chi connectivity index (χ2n) is 2.80. The summed E-state index contributed by atoms with van der Waals surface area (Å²) in [6, 6.07) is 8.85. The molecule has 0 radical (unpaired) electrons. The van der Waals surface area contributed by atoms with Gasteiger partial charge < -0.3 is 10.3 Å². The second-order valence-corrected chi connectivity index (χ2v) is 2.80. The van der Waals surface area contributed by atoms with E-state index < -0.39 is 0 Å². The minimum Gasteiger partial charge on any atom is -0.367 e. The van der Waals surface area contributed by atoms with Gasteiger partial charge in [0.05, 0.1) is 6.20 Å². The Balaban J connectivity index is 2.39. The molecular formula is C10H8N2O2. The van der Waals surface area contributed by atoms with Crippen LogP contribution in [0.2, 0.25) is 0 Å². The SMILES string of the molecule is Nc1oncc1C(=O)c1ccccc1. The van der Waals surface area contributed by atoms with E-state index in [4.69, 9.17) is 5.73 Å². The van der Waals surface area contributed by atoms with Crippen molar-refractivity contribution in [3.63, 3.8) is 0 Å². The zero-order valence-corrected chi connectivity index (χ0v) is 7.31. The lowest BCUT2D eigenvalue weighted by Gasteiger charge is -1.96. The van der Waals surface area contributed by atoms with Gasteiger partial charge in [-0.1, -0.05) is 35.5 Å². The van der Waals surface area contributed by atoms with E-state index in [1.807, 2.05) is 6.07 Å². The number of anilines is 1. The number of carbonyl (C=O) groups is 1. The van der Waals surface area contributed by atoms with Gasteiger partial charge in [0.2, 0.25) is 5.88 Å². The third-order valence-electron chi connectivity index (χ3n) is 1.88. The molecule has 2 N–H and O–H groups in total. The molecule has 0 atom stereocenters. The van der Waals surface area contributed by atoms with Crippen molar-refractivity contribution in [1.29, 1.82) is 0 Å². The molecule has 1 aromatic heterocycles. The summed E-state index contributed by atoms with van der Waals surface area (Å²) in [7, 11) is 0. The van der Waals surface area contributed by atoms with Crippen LogP contribution in [-0.2, 0) is 0 Å². The number of nitrogens with two attached hydrogens (primary N) is 1. The van der Waals surface area contributed by atoms with Gasteiger partial charge in [-0.2, -0.15) is 0 Å². The van der Waals surface area contributed by atoms with E-state index in [-0.39, 0.29) is 11.7 Å². The van der Waals surface area contributed by atoms with Gasteiger partial charge in [-0.3, -0.25) is 4.79 Å². The Bertz CT molecular complexity index is 448. The summed E-state index contributed by atoms with van der Waals surface area (Å²) in [5.41, 5.74) is 6.30. The van der Waals surface area contributed by atoms with Crippen molar-refractivity contribution >= 4 is 11.7 Å². The average molecular weight is 188 g/mol. The zero-order chi connectivity index (χ0) is 9.97. The van der Waals surface area contributed by atoms with Gasteiger partial charge >= 0.3 is 0 Å². The Morgan fingerprint density at radius 2 is 2.00 bits per heavy atom. The van der Waals surface area contributed by atoms with Crippen LogP contribution in [0.1, 0.15) is 15.9 Å². The van der Waals surface area contributed by atoms with Gasteiger partial charge in [-0.15, -0.1) is 0 Å². The number of hydrogen-bond acceptors (Lipinski definition) is 4. The maximum Gasteiger partial charge on any atom is 0.233 e. The summed E-state index contributed by atoms with van der Waals surface area (Å²) in [6.45, 7) is 0. The minimum atomic E-state index is -0.177.